The average molecular weight is 359 g/mol. The lowest BCUT2D eigenvalue weighted by molar-refractivity contribution is -0.132. The minimum atomic E-state index is 0. The number of hydrogen-bond donors (Lipinski definition) is 1. The van der Waals surface area contributed by atoms with Crippen molar-refractivity contribution in [2.45, 2.75) is 38.6 Å². The minimum absolute atomic E-state index is 0. The highest BCUT2D eigenvalue weighted by atomic mass is 35.5. The van der Waals surface area contributed by atoms with Gasteiger partial charge in [-0.1, -0.05) is 48.5 Å². The lowest BCUT2D eigenvalue weighted by Crippen LogP contribution is -2.36. The van der Waals surface area contributed by atoms with E-state index in [1.165, 1.54) is 5.56 Å². The predicted octanol–water partition coefficient (Wildman–Crippen LogP) is 4.10. The summed E-state index contributed by atoms with van der Waals surface area (Å²) in [5, 5.41) is 0. The van der Waals surface area contributed by atoms with Crippen LogP contribution in [0, 0.1) is 5.92 Å². The Bertz CT molecular complexity index is 689. The maximum Gasteiger partial charge on any atom is 0.223 e. The second kappa shape index (κ2) is 8.91. The van der Waals surface area contributed by atoms with Gasteiger partial charge in [0.2, 0.25) is 5.91 Å². The smallest absolute Gasteiger partial charge is 0.223 e. The second-order valence-electron chi connectivity index (χ2n) is 6.77. The molecule has 1 saturated heterocycles. The zero-order valence-electron chi connectivity index (χ0n) is 14.7. The number of rotatable bonds is 5. The summed E-state index contributed by atoms with van der Waals surface area (Å²) in [4.78, 5) is 14.7. The highest BCUT2D eigenvalue weighted by molar-refractivity contribution is 5.85. The van der Waals surface area contributed by atoms with E-state index >= 15 is 0 Å². The number of nitrogen functional groups attached to an aromatic ring is 1. The van der Waals surface area contributed by atoms with Crippen molar-refractivity contribution in [2.75, 3.05) is 12.3 Å². The van der Waals surface area contributed by atoms with Gasteiger partial charge in [0.25, 0.3) is 0 Å². The molecule has 2 N–H and O–H groups in total. The number of carbonyl (C=O) groups excluding carboxylic acids is 1. The Hall–Kier alpha value is -2.00. The van der Waals surface area contributed by atoms with Crippen LogP contribution in [0.2, 0.25) is 0 Å². The van der Waals surface area contributed by atoms with Gasteiger partial charge in [0, 0.05) is 24.7 Å². The topological polar surface area (TPSA) is 46.3 Å². The lowest BCUT2D eigenvalue weighted by atomic mass is 9.93. The summed E-state index contributed by atoms with van der Waals surface area (Å²) in [5.41, 5.74) is 9.18. The Morgan fingerprint density at radius 2 is 1.80 bits per heavy atom. The number of nitrogens with zero attached hydrogens (tertiary/aromatic N) is 1. The molecule has 0 saturated carbocycles. The number of hydrogen-bond acceptors (Lipinski definition) is 2. The molecule has 1 amide bonds. The molecule has 2 aromatic rings. The molecule has 134 valence electrons. The van der Waals surface area contributed by atoms with Gasteiger partial charge in [0.05, 0.1) is 0 Å². The van der Waals surface area contributed by atoms with Gasteiger partial charge in [0.15, 0.2) is 0 Å². The molecular weight excluding hydrogens is 332 g/mol. The zero-order chi connectivity index (χ0) is 16.9. The molecule has 0 radical (unpaired) electrons. The third-order valence-corrected chi connectivity index (χ3v) is 5.24. The van der Waals surface area contributed by atoms with Crippen molar-refractivity contribution >= 4 is 24.0 Å². The Balaban J connectivity index is 0.00000225. The Morgan fingerprint density at radius 1 is 1.12 bits per heavy atom. The van der Waals surface area contributed by atoms with E-state index in [2.05, 4.69) is 36.1 Å². The molecule has 0 aromatic heterocycles. The van der Waals surface area contributed by atoms with Gasteiger partial charge in [-0.3, -0.25) is 4.79 Å². The van der Waals surface area contributed by atoms with Gasteiger partial charge in [-0.15, -0.1) is 12.4 Å². The predicted molar refractivity (Wildman–Crippen MR) is 106 cm³/mol. The highest BCUT2D eigenvalue weighted by Gasteiger charge is 2.33. The van der Waals surface area contributed by atoms with E-state index in [0.717, 1.165) is 37.1 Å². The summed E-state index contributed by atoms with van der Waals surface area (Å²) in [6, 6.07) is 18.7. The van der Waals surface area contributed by atoms with Gasteiger partial charge in [0.1, 0.15) is 0 Å². The standard InChI is InChI=1S/C21H26N2O.ClH/c1-16-19(15-17-7-3-2-4-8-17)13-14-23(16)21(24)12-11-18-9-5-6-10-20(18)22;/h2-10,16,19H,11-15,22H2,1H3;1H. The quantitative estimate of drug-likeness (QED) is 0.818. The molecule has 25 heavy (non-hydrogen) atoms. The van der Waals surface area contributed by atoms with Crippen molar-refractivity contribution in [3.8, 4) is 0 Å². The Labute approximate surface area is 156 Å². The van der Waals surface area contributed by atoms with Crippen LogP contribution in [0.15, 0.2) is 54.6 Å². The van der Waals surface area contributed by atoms with E-state index < -0.39 is 0 Å². The first-order valence-corrected chi connectivity index (χ1v) is 8.82. The fourth-order valence-corrected chi connectivity index (χ4v) is 3.69. The van der Waals surface area contributed by atoms with Crippen LogP contribution in [0.1, 0.15) is 30.9 Å². The molecule has 4 heteroatoms. The van der Waals surface area contributed by atoms with Crippen molar-refractivity contribution in [3.63, 3.8) is 0 Å². The third kappa shape index (κ3) is 4.76. The van der Waals surface area contributed by atoms with Crippen LogP contribution in [0.4, 0.5) is 5.69 Å². The first kappa shape index (κ1) is 19.3. The van der Waals surface area contributed by atoms with Crippen LogP contribution >= 0.6 is 12.4 Å². The van der Waals surface area contributed by atoms with E-state index in [-0.39, 0.29) is 18.3 Å². The summed E-state index contributed by atoms with van der Waals surface area (Å²) in [6.45, 7) is 3.07. The number of benzene rings is 2. The monoisotopic (exact) mass is 358 g/mol. The molecule has 2 atom stereocenters. The molecule has 0 spiro atoms. The van der Waals surface area contributed by atoms with Crippen LogP contribution in [0.3, 0.4) is 0 Å². The van der Waals surface area contributed by atoms with Gasteiger partial charge in [-0.25, -0.2) is 0 Å². The molecule has 0 bridgehead atoms. The summed E-state index contributed by atoms with van der Waals surface area (Å²) in [6.07, 6.45) is 3.40. The van der Waals surface area contributed by atoms with Crippen molar-refractivity contribution in [3.05, 3.63) is 65.7 Å². The van der Waals surface area contributed by atoms with Gasteiger partial charge in [-0.05, 0) is 49.3 Å². The summed E-state index contributed by atoms with van der Waals surface area (Å²) in [5.74, 6) is 0.805. The van der Waals surface area contributed by atoms with Crippen molar-refractivity contribution in [2.24, 2.45) is 5.92 Å². The summed E-state index contributed by atoms with van der Waals surface area (Å²) < 4.78 is 0. The molecule has 1 aliphatic rings. The molecule has 2 unspecified atom stereocenters. The first-order valence-electron chi connectivity index (χ1n) is 8.82. The fourth-order valence-electron chi connectivity index (χ4n) is 3.69. The van der Waals surface area contributed by atoms with Crippen LogP contribution in [-0.4, -0.2) is 23.4 Å². The largest absolute Gasteiger partial charge is 0.399 e. The molecule has 1 fully saturated rings. The SMILES string of the molecule is CC1C(Cc2ccccc2)CCN1C(=O)CCc1ccccc1N.Cl. The number of para-hydroxylation sites is 1. The molecule has 3 nitrogen and oxygen atoms in total. The van der Waals surface area contributed by atoms with Gasteiger partial charge in [-0.2, -0.15) is 0 Å². The normalized spacial score (nSPS) is 19.5. The number of nitrogens with two attached hydrogens (primary N) is 1. The number of amides is 1. The van der Waals surface area contributed by atoms with Crippen molar-refractivity contribution in [1.29, 1.82) is 0 Å². The Kier molecular flexibility index (Phi) is 6.89. The van der Waals surface area contributed by atoms with E-state index in [4.69, 9.17) is 5.73 Å². The van der Waals surface area contributed by atoms with Crippen LogP contribution < -0.4 is 5.73 Å². The highest BCUT2D eigenvalue weighted by Crippen LogP contribution is 2.28. The summed E-state index contributed by atoms with van der Waals surface area (Å²) in [7, 11) is 0. The maximum atomic E-state index is 12.6. The molecule has 1 aliphatic heterocycles. The average Bonchev–Trinajstić information content (AvgIpc) is 2.96. The number of halogens is 1. The Morgan fingerprint density at radius 3 is 2.52 bits per heavy atom. The number of anilines is 1. The van der Waals surface area contributed by atoms with Crippen molar-refractivity contribution in [1.82, 2.24) is 4.90 Å². The number of carbonyl (C=O) groups is 1. The summed E-state index contributed by atoms with van der Waals surface area (Å²) >= 11 is 0. The molecule has 2 aromatic carbocycles. The van der Waals surface area contributed by atoms with Crippen LogP contribution in [0.25, 0.3) is 0 Å². The van der Waals surface area contributed by atoms with E-state index in [0.29, 0.717) is 18.4 Å². The fraction of sp³-hybridized carbons (Fsp3) is 0.381. The lowest BCUT2D eigenvalue weighted by Gasteiger charge is -2.25. The van der Waals surface area contributed by atoms with Gasteiger partial charge < -0.3 is 10.6 Å². The van der Waals surface area contributed by atoms with Gasteiger partial charge >= 0.3 is 0 Å². The van der Waals surface area contributed by atoms with E-state index in [9.17, 15) is 4.79 Å². The minimum Gasteiger partial charge on any atom is -0.399 e. The third-order valence-electron chi connectivity index (χ3n) is 5.24. The van der Waals surface area contributed by atoms with E-state index in [1.807, 2.05) is 30.3 Å². The van der Waals surface area contributed by atoms with Crippen LogP contribution in [0.5, 0.6) is 0 Å². The number of aryl methyl sites for hydroxylation is 1. The molecule has 1 heterocycles. The molecule has 3 rings (SSSR count). The molecule has 0 aliphatic carbocycles. The van der Waals surface area contributed by atoms with E-state index in [1.54, 1.807) is 0 Å². The zero-order valence-corrected chi connectivity index (χ0v) is 15.5. The maximum absolute atomic E-state index is 12.6. The van der Waals surface area contributed by atoms with Crippen molar-refractivity contribution < 1.29 is 4.79 Å². The van der Waals surface area contributed by atoms with Crippen LogP contribution in [-0.2, 0) is 17.6 Å². The number of likely N-dealkylation sites (tertiary alicyclic amines) is 1. The molecular formula is C21H27ClN2O. The first-order chi connectivity index (χ1) is 11.6. The second-order valence-corrected chi connectivity index (χ2v) is 6.77.